The number of hydrogen-bond donors (Lipinski definition) is 1. The second-order valence-electron chi connectivity index (χ2n) is 9.97. The summed E-state index contributed by atoms with van der Waals surface area (Å²) in [5.74, 6) is 1.71. The summed E-state index contributed by atoms with van der Waals surface area (Å²) in [6.45, 7) is 12.0. The van der Waals surface area contributed by atoms with E-state index in [2.05, 4.69) is 27.7 Å². The van der Waals surface area contributed by atoms with Crippen molar-refractivity contribution in [2.45, 2.75) is 91.6 Å². The molecule has 0 heterocycles. The zero-order valence-corrected chi connectivity index (χ0v) is 16.9. The average molecular weight is 351 g/mol. The van der Waals surface area contributed by atoms with Gasteiger partial charge in [-0.15, -0.1) is 0 Å². The van der Waals surface area contributed by atoms with Crippen molar-refractivity contribution in [1.29, 1.82) is 0 Å². The summed E-state index contributed by atoms with van der Waals surface area (Å²) >= 11 is 0. The number of aliphatic carboxylic acids is 1. The summed E-state index contributed by atoms with van der Waals surface area (Å²) in [4.78, 5) is 12.1. The van der Waals surface area contributed by atoms with Gasteiger partial charge in [0.2, 0.25) is 0 Å². The molecular weight excluding hydrogens is 312 g/mol. The van der Waals surface area contributed by atoms with Crippen LogP contribution in [0.4, 0.5) is 0 Å². The quantitative estimate of drug-likeness (QED) is 0.725. The Morgan fingerprint density at radius 2 is 1.88 bits per heavy atom. The van der Waals surface area contributed by atoms with Crippen molar-refractivity contribution in [1.82, 2.24) is 0 Å². The standard InChI is InChI=1S/C22H38O3/c1-6-25-22(15(2)3)13-10-17-16(14-22)8-9-18-20(17,4)11-7-12-21(18,5)19(23)24/h15-18H,6-14H2,1-5H3,(H,23,24). The molecule has 3 nitrogen and oxygen atoms in total. The largest absolute Gasteiger partial charge is 0.481 e. The van der Waals surface area contributed by atoms with Crippen LogP contribution in [0.15, 0.2) is 0 Å². The molecule has 0 amide bonds. The van der Waals surface area contributed by atoms with E-state index in [-0.39, 0.29) is 11.0 Å². The Bertz CT molecular complexity index is 515. The smallest absolute Gasteiger partial charge is 0.309 e. The molecule has 3 aliphatic carbocycles. The topological polar surface area (TPSA) is 46.5 Å². The monoisotopic (exact) mass is 350 g/mol. The van der Waals surface area contributed by atoms with Crippen LogP contribution in [0.3, 0.4) is 0 Å². The van der Waals surface area contributed by atoms with Crippen molar-refractivity contribution < 1.29 is 14.6 Å². The van der Waals surface area contributed by atoms with Gasteiger partial charge in [0.05, 0.1) is 11.0 Å². The highest BCUT2D eigenvalue weighted by atomic mass is 16.5. The number of rotatable bonds is 4. The zero-order chi connectivity index (χ0) is 18.5. The predicted molar refractivity (Wildman–Crippen MR) is 100 cm³/mol. The van der Waals surface area contributed by atoms with E-state index in [1.165, 1.54) is 25.7 Å². The van der Waals surface area contributed by atoms with E-state index < -0.39 is 11.4 Å². The van der Waals surface area contributed by atoms with Crippen molar-refractivity contribution in [3.05, 3.63) is 0 Å². The number of ether oxygens (including phenoxy) is 1. The summed E-state index contributed by atoms with van der Waals surface area (Å²) in [5, 5.41) is 9.95. The molecule has 3 saturated carbocycles. The van der Waals surface area contributed by atoms with E-state index in [0.717, 1.165) is 32.3 Å². The third kappa shape index (κ3) is 2.85. The highest BCUT2D eigenvalue weighted by molar-refractivity contribution is 5.75. The Balaban J connectivity index is 1.87. The molecule has 3 aliphatic rings. The van der Waals surface area contributed by atoms with Crippen molar-refractivity contribution >= 4 is 5.97 Å². The van der Waals surface area contributed by atoms with Crippen LogP contribution in [-0.4, -0.2) is 23.3 Å². The first-order chi connectivity index (χ1) is 11.7. The van der Waals surface area contributed by atoms with Crippen LogP contribution in [0.5, 0.6) is 0 Å². The molecule has 1 N–H and O–H groups in total. The van der Waals surface area contributed by atoms with Crippen LogP contribution in [0.25, 0.3) is 0 Å². The van der Waals surface area contributed by atoms with E-state index in [1.54, 1.807) is 0 Å². The lowest BCUT2D eigenvalue weighted by Crippen LogP contribution is -2.58. The van der Waals surface area contributed by atoms with E-state index in [1.807, 2.05) is 6.92 Å². The molecule has 6 atom stereocenters. The van der Waals surface area contributed by atoms with Gasteiger partial charge in [-0.05, 0) is 87.9 Å². The highest BCUT2D eigenvalue weighted by Gasteiger charge is 2.60. The first kappa shape index (κ1) is 19.2. The average Bonchev–Trinajstić information content (AvgIpc) is 2.54. The van der Waals surface area contributed by atoms with Crippen molar-refractivity contribution in [3.63, 3.8) is 0 Å². The van der Waals surface area contributed by atoms with Crippen molar-refractivity contribution in [2.75, 3.05) is 6.61 Å². The van der Waals surface area contributed by atoms with Crippen molar-refractivity contribution in [3.8, 4) is 0 Å². The van der Waals surface area contributed by atoms with Gasteiger partial charge in [-0.2, -0.15) is 0 Å². The molecule has 0 aromatic carbocycles. The van der Waals surface area contributed by atoms with Crippen LogP contribution in [0, 0.1) is 34.5 Å². The Hall–Kier alpha value is -0.570. The molecule has 3 fully saturated rings. The minimum Gasteiger partial charge on any atom is -0.481 e. The van der Waals surface area contributed by atoms with Gasteiger partial charge in [0.1, 0.15) is 0 Å². The lowest BCUT2D eigenvalue weighted by molar-refractivity contribution is -0.187. The zero-order valence-electron chi connectivity index (χ0n) is 16.9. The number of carboxylic acid groups (broad SMARTS) is 1. The predicted octanol–water partition coefficient (Wildman–Crippen LogP) is 5.53. The molecule has 0 aromatic rings. The van der Waals surface area contributed by atoms with Gasteiger partial charge >= 0.3 is 5.97 Å². The molecule has 3 heteroatoms. The lowest BCUT2D eigenvalue weighted by Gasteiger charge is -2.62. The van der Waals surface area contributed by atoms with E-state index in [9.17, 15) is 9.90 Å². The van der Waals surface area contributed by atoms with Crippen molar-refractivity contribution in [2.24, 2.45) is 34.5 Å². The van der Waals surface area contributed by atoms with Crippen LogP contribution in [0.1, 0.15) is 86.0 Å². The second kappa shape index (κ2) is 6.55. The van der Waals surface area contributed by atoms with Gasteiger partial charge in [-0.25, -0.2) is 0 Å². The number of carbonyl (C=O) groups is 1. The van der Waals surface area contributed by atoms with Crippen LogP contribution < -0.4 is 0 Å². The van der Waals surface area contributed by atoms with Gasteiger partial charge in [0, 0.05) is 6.61 Å². The molecule has 6 unspecified atom stereocenters. The Morgan fingerprint density at radius 1 is 1.16 bits per heavy atom. The molecular formula is C22H38O3. The Kier molecular flexibility index (Phi) is 5.03. The number of hydrogen-bond acceptors (Lipinski definition) is 2. The molecule has 0 aromatic heterocycles. The van der Waals surface area contributed by atoms with E-state index in [0.29, 0.717) is 23.7 Å². The molecule has 0 radical (unpaired) electrons. The first-order valence-electron chi connectivity index (χ1n) is 10.6. The highest BCUT2D eigenvalue weighted by Crippen LogP contribution is 2.65. The summed E-state index contributed by atoms with van der Waals surface area (Å²) in [7, 11) is 0. The molecule has 144 valence electrons. The van der Waals surface area contributed by atoms with Gasteiger partial charge in [0.25, 0.3) is 0 Å². The molecule has 0 saturated heterocycles. The second-order valence-corrected chi connectivity index (χ2v) is 9.97. The summed E-state index contributed by atoms with van der Waals surface area (Å²) < 4.78 is 6.33. The van der Waals surface area contributed by atoms with Crippen LogP contribution in [0.2, 0.25) is 0 Å². The van der Waals surface area contributed by atoms with Gasteiger partial charge in [-0.3, -0.25) is 4.79 Å². The SMILES string of the molecule is CCOC1(C(C)C)CCC2C(CCC3C(C)(C(=O)O)CCCC23C)C1. The number of fused-ring (bicyclic) bond motifs is 3. The van der Waals surface area contributed by atoms with Crippen LogP contribution >= 0.6 is 0 Å². The first-order valence-corrected chi connectivity index (χ1v) is 10.6. The van der Waals surface area contributed by atoms with E-state index >= 15 is 0 Å². The minimum atomic E-state index is -0.566. The minimum absolute atomic E-state index is 0.0455. The summed E-state index contributed by atoms with van der Waals surface area (Å²) in [6, 6.07) is 0. The maximum absolute atomic E-state index is 12.1. The third-order valence-corrected chi connectivity index (χ3v) is 8.68. The summed E-state index contributed by atoms with van der Waals surface area (Å²) in [5.41, 5.74) is -0.280. The fraction of sp³-hybridized carbons (Fsp3) is 0.955. The fourth-order valence-electron chi connectivity index (χ4n) is 7.25. The molecule has 3 rings (SSSR count). The Morgan fingerprint density at radius 3 is 2.48 bits per heavy atom. The van der Waals surface area contributed by atoms with Gasteiger partial charge in [0.15, 0.2) is 0 Å². The molecule has 0 spiro atoms. The third-order valence-electron chi connectivity index (χ3n) is 8.68. The van der Waals surface area contributed by atoms with E-state index in [4.69, 9.17) is 4.74 Å². The van der Waals surface area contributed by atoms with Crippen LogP contribution in [-0.2, 0) is 9.53 Å². The maximum atomic E-state index is 12.1. The molecule has 0 bridgehead atoms. The summed E-state index contributed by atoms with van der Waals surface area (Å²) in [6.07, 6.45) is 8.95. The van der Waals surface area contributed by atoms with Gasteiger partial charge < -0.3 is 9.84 Å². The number of carboxylic acids is 1. The lowest BCUT2D eigenvalue weighted by atomic mass is 9.43. The van der Waals surface area contributed by atoms with Gasteiger partial charge in [-0.1, -0.05) is 27.2 Å². The molecule has 25 heavy (non-hydrogen) atoms. The Labute approximate surface area is 153 Å². The fourth-order valence-corrected chi connectivity index (χ4v) is 7.25. The maximum Gasteiger partial charge on any atom is 0.309 e. The molecule has 0 aliphatic heterocycles. The normalized spacial score (nSPS) is 47.2.